The van der Waals surface area contributed by atoms with Gasteiger partial charge >= 0.3 is 0 Å². The summed E-state index contributed by atoms with van der Waals surface area (Å²) in [5, 5.41) is 13.5. The van der Waals surface area contributed by atoms with Crippen LogP contribution in [0.25, 0.3) is 0 Å². The van der Waals surface area contributed by atoms with Crippen molar-refractivity contribution in [1.29, 1.82) is 0 Å². The Morgan fingerprint density at radius 2 is 2.11 bits per heavy atom. The molecule has 0 heterocycles. The molecule has 0 spiro atoms. The number of hydrogen-bond donors (Lipinski definition) is 2. The molecule has 0 unspecified atom stereocenters. The summed E-state index contributed by atoms with van der Waals surface area (Å²) >= 11 is 0. The lowest BCUT2D eigenvalue weighted by molar-refractivity contribution is -0.385. The van der Waals surface area contributed by atoms with Gasteiger partial charge in [0.15, 0.2) is 0 Å². The lowest BCUT2D eigenvalue weighted by Crippen LogP contribution is -2.26. The van der Waals surface area contributed by atoms with Crippen molar-refractivity contribution in [3.05, 3.63) is 39.9 Å². The number of hydrogen-bond acceptors (Lipinski definition) is 4. The third-order valence-corrected chi connectivity index (χ3v) is 2.51. The number of nitrogens with zero attached hydrogens (tertiary/aromatic N) is 1. The Morgan fingerprint density at radius 1 is 1.39 bits per heavy atom. The zero-order chi connectivity index (χ0) is 13.4. The largest absolute Gasteiger partial charge is 0.356 e. The predicted octanol–water partition coefficient (Wildman–Crippen LogP) is 0.992. The van der Waals surface area contributed by atoms with Gasteiger partial charge < -0.3 is 11.1 Å². The maximum Gasteiger partial charge on any atom is 0.272 e. The number of carbonyl (C=O) groups is 1. The Labute approximate surface area is 105 Å². The fourth-order valence-corrected chi connectivity index (χ4v) is 1.59. The van der Waals surface area contributed by atoms with Crippen LogP contribution in [0.15, 0.2) is 24.3 Å². The highest BCUT2D eigenvalue weighted by molar-refractivity contribution is 5.75. The first kappa shape index (κ1) is 14.1. The van der Waals surface area contributed by atoms with E-state index in [9.17, 15) is 14.9 Å². The molecule has 0 atom stereocenters. The van der Waals surface area contributed by atoms with Crippen LogP contribution in [0.2, 0.25) is 0 Å². The van der Waals surface area contributed by atoms with Gasteiger partial charge in [0.2, 0.25) is 5.91 Å². The minimum atomic E-state index is -0.411. The van der Waals surface area contributed by atoms with Crippen molar-refractivity contribution in [2.75, 3.05) is 13.1 Å². The molecular weight excluding hydrogens is 234 g/mol. The van der Waals surface area contributed by atoms with Crippen LogP contribution in [-0.2, 0) is 11.2 Å². The highest BCUT2D eigenvalue weighted by Gasteiger charge is 2.11. The highest BCUT2D eigenvalue weighted by Crippen LogP contribution is 2.17. The van der Waals surface area contributed by atoms with Crippen LogP contribution in [0.4, 0.5) is 5.69 Å². The average Bonchev–Trinajstić information content (AvgIpc) is 2.36. The van der Waals surface area contributed by atoms with E-state index >= 15 is 0 Å². The fraction of sp³-hybridized carbons (Fsp3) is 0.417. The van der Waals surface area contributed by atoms with Gasteiger partial charge in [0.25, 0.3) is 5.69 Å². The second-order valence-corrected chi connectivity index (χ2v) is 3.88. The number of benzene rings is 1. The molecule has 0 aromatic heterocycles. The summed E-state index contributed by atoms with van der Waals surface area (Å²) in [5.41, 5.74) is 6.01. The summed E-state index contributed by atoms with van der Waals surface area (Å²) in [6, 6.07) is 6.54. The third-order valence-electron chi connectivity index (χ3n) is 2.51. The molecule has 6 nitrogen and oxygen atoms in total. The zero-order valence-electron chi connectivity index (χ0n) is 10.1. The Morgan fingerprint density at radius 3 is 2.78 bits per heavy atom. The van der Waals surface area contributed by atoms with Crippen LogP contribution in [0.1, 0.15) is 18.4 Å². The van der Waals surface area contributed by atoms with E-state index in [-0.39, 0.29) is 11.6 Å². The van der Waals surface area contributed by atoms with Gasteiger partial charge in [-0.25, -0.2) is 0 Å². The molecule has 0 radical (unpaired) electrons. The summed E-state index contributed by atoms with van der Waals surface area (Å²) in [6.07, 6.45) is 1.50. The van der Waals surface area contributed by atoms with E-state index in [2.05, 4.69) is 5.32 Å². The Bertz CT molecular complexity index is 421. The van der Waals surface area contributed by atoms with Gasteiger partial charge in [-0.05, 0) is 19.4 Å². The topological polar surface area (TPSA) is 98.3 Å². The SMILES string of the molecule is NCCCC(=O)NCCc1ccccc1[N+](=O)[O-]. The molecule has 0 saturated heterocycles. The number of nitro groups is 1. The smallest absolute Gasteiger partial charge is 0.272 e. The van der Waals surface area contributed by atoms with Crippen molar-refractivity contribution in [2.24, 2.45) is 5.73 Å². The number of nitrogens with two attached hydrogens (primary N) is 1. The molecule has 6 heteroatoms. The maximum absolute atomic E-state index is 11.3. The fourth-order valence-electron chi connectivity index (χ4n) is 1.59. The predicted molar refractivity (Wildman–Crippen MR) is 68.1 cm³/mol. The molecule has 98 valence electrons. The van der Waals surface area contributed by atoms with Gasteiger partial charge in [-0.3, -0.25) is 14.9 Å². The highest BCUT2D eigenvalue weighted by atomic mass is 16.6. The first-order valence-electron chi connectivity index (χ1n) is 5.84. The van der Waals surface area contributed by atoms with E-state index in [1.165, 1.54) is 6.07 Å². The number of nitrogens with one attached hydrogen (secondary N) is 1. The molecule has 1 amide bonds. The molecule has 0 bridgehead atoms. The molecule has 18 heavy (non-hydrogen) atoms. The molecule has 0 saturated carbocycles. The molecule has 0 aliphatic heterocycles. The molecule has 1 rings (SSSR count). The first-order chi connectivity index (χ1) is 8.65. The van der Waals surface area contributed by atoms with Gasteiger partial charge in [-0.1, -0.05) is 18.2 Å². The summed E-state index contributed by atoms with van der Waals surface area (Å²) in [6.45, 7) is 0.881. The second kappa shape index (κ2) is 7.39. The van der Waals surface area contributed by atoms with E-state index in [0.717, 1.165) is 0 Å². The van der Waals surface area contributed by atoms with Crippen LogP contribution < -0.4 is 11.1 Å². The van der Waals surface area contributed by atoms with Crippen LogP contribution in [0, 0.1) is 10.1 Å². The summed E-state index contributed by atoms with van der Waals surface area (Å²) in [4.78, 5) is 21.7. The normalized spacial score (nSPS) is 10.1. The van der Waals surface area contributed by atoms with Crippen LogP contribution in [0.3, 0.4) is 0 Å². The van der Waals surface area contributed by atoms with Gasteiger partial charge in [0.1, 0.15) is 0 Å². The van der Waals surface area contributed by atoms with Crippen LogP contribution in [-0.4, -0.2) is 23.9 Å². The van der Waals surface area contributed by atoms with Gasteiger partial charge in [-0.2, -0.15) is 0 Å². The van der Waals surface area contributed by atoms with Crippen molar-refractivity contribution >= 4 is 11.6 Å². The first-order valence-corrected chi connectivity index (χ1v) is 5.84. The van der Waals surface area contributed by atoms with Crippen molar-refractivity contribution in [3.63, 3.8) is 0 Å². The van der Waals surface area contributed by atoms with Crippen molar-refractivity contribution < 1.29 is 9.72 Å². The maximum atomic E-state index is 11.3. The van der Waals surface area contributed by atoms with Crippen LogP contribution >= 0.6 is 0 Å². The monoisotopic (exact) mass is 251 g/mol. The molecule has 1 aromatic carbocycles. The van der Waals surface area contributed by atoms with Gasteiger partial charge in [0, 0.05) is 24.6 Å². The van der Waals surface area contributed by atoms with E-state index < -0.39 is 4.92 Å². The molecule has 0 aliphatic carbocycles. The van der Waals surface area contributed by atoms with E-state index in [4.69, 9.17) is 5.73 Å². The Kier molecular flexibility index (Phi) is 5.79. The average molecular weight is 251 g/mol. The second-order valence-electron chi connectivity index (χ2n) is 3.88. The Hall–Kier alpha value is -1.95. The summed E-state index contributed by atoms with van der Waals surface area (Å²) in [7, 11) is 0. The molecule has 1 aromatic rings. The summed E-state index contributed by atoms with van der Waals surface area (Å²) in [5.74, 6) is -0.0703. The minimum absolute atomic E-state index is 0.0703. The zero-order valence-corrected chi connectivity index (χ0v) is 10.1. The lowest BCUT2D eigenvalue weighted by atomic mass is 10.1. The van der Waals surface area contributed by atoms with Gasteiger partial charge in [0.05, 0.1) is 4.92 Å². The van der Waals surface area contributed by atoms with E-state index in [1.54, 1.807) is 18.2 Å². The van der Waals surface area contributed by atoms with Gasteiger partial charge in [-0.15, -0.1) is 0 Å². The molecule has 3 N–H and O–H groups in total. The number of amides is 1. The third kappa shape index (κ3) is 4.50. The number of nitro benzene ring substituents is 1. The molecule has 0 fully saturated rings. The lowest BCUT2D eigenvalue weighted by Gasteiger charge is -2.05. The minimum Gasteiger partial charge on any atom is -0.356 e. The van der Waals surface area contributed by atoms with Crippen molar-refractivity contribution in [1.82, 2.24) is 5.32 Å². The number of para-hydroxylation sites is 1. The number of rotatable bonds is 7. The van der Waals surface area contributed by atoms with Crippen molar-refractivity contribution in [3.8, 4) is 0 Å². The molecular formula is C12H17N3O3. The Balaban J connectivity index is 2.44. The quantitative estimate of drug-likeness (QED) is 0.557. The standard InChI is InChI=1S/C12H17N3O3/c13-8-3-6-12(16)14-9-7-10-4-1-2-5-11(10)15(17)18/h1-2,4-5H,3,6-9,13H2,(H,14,16). The van der Waals surface area contributed by atoms with E-state index in [1.807, 2.05) is 0 Å². The summed E-state index contributed by atoms with van der Waals surface area (Å²) < 4.78 is 0. The molecule has 0 aliphatic rings. The number of carbonyl (C=O) groups excluding carboxylic acids is 1. The van der Waals surface area contributed by atoms with E-state index in [0.29, 0.717) is 37.9 Å². The van der Waals surface area contributed by atoms with Crippen LogP contribution in [0.5, 0.6) is 0 Å². The van der Waals surface area contributed by atoms with Crippen molar-refractivity contribution in [2.45, 2.75) is 19.3 Å².